The first kappa shape index (κ1) is 19.4. The van der Waals surface area contributed by atoms with Gasteiger partial charge in [-0.05, 0) is 59.0 Å². The van der Waals surface area contributed by atoms with Crippen molar-refractivity contribution in [3.05, 3.63) is 0 Å². The fourth-order valence-corrected chi connectivity index (χ4v) is 2.95. The van der Waals surface area contributed by atoms with Gasteiger partial charge in [0, 0.05) is 35.4 Å². The van der Waals surface area contributed by atoms with Crippen LogP contribution in [0, 0.1) is 5.92 Å². The van der Waals surface area contributed by atoms with Gasteiger partial charge in [0.1, 0.15) is 5.60 Å². The summed E-state index contributed by atoms with van der Waals surface area (Å²) < 4.78 is 16.7. The van der Waals surface area contributed by atoms with Crippen LogP contribution in [-0.2, 0) is 15.5 Å². The van der Waals surface area contributed by atoms with Crippen LogP contribution in [0.5, 0.6) is 0 Å². The van der Waals surface area contributed by atoms with Gasteiger partial charge in [0.2, 0.25) is 0 Å². The zero-order valence-corrected chi connectivity index (χ0v) is 15.5. The minimum absolute atomic E-state index is 0.202. The van der Waals surface area contributed by atoms with Crippen LogP contribution in [-0.4, -0.2) is 58.5 Å². The molecule has 1 rings (SSSR count). The summed E-state index contributed by atoms with van der Waals surface area (Å²) in [6.07, 6.45) is 4.64. The monoisotopic (exact) mass is 332 g/mol. The fourth-order valence-electron chi connectivity index (χ4n) is 2.50. The zero-order chi connectivity index (χ0) is 16.8. The van der Waals surface area contributed by atoms with E-state index in [4.69, 9.17) is 4.74 Å². The number of nitrogens with zero attached hydrogens (tertiary/aromatic N) is 1. The van der Waals surface area contributed by atoms with Crippen molar-refractivity contribution < 1.29 is 13.7 Å². The van der Waals surface area contributed by atoms with Crippen LogP contribution in [0.4, 0.5) is 4.79 Å². The number of amides is 1. The number of hydrogen-bond acceptors (Lipinski definition) is 4. The molecule has 0 bridgehead atoms. The molecule has 3 atom stereocenters. The Labute approximate surface area is 137 Å². The Morgan fingerprint density at radius 3 is 2.73 bits per heavy atom. The SMILES string of the molecule is CC(CCNCC1CCCN(C(=O)OC(C)(C)C)C1)S(C)=O. The van der Waals surface area contributed by atoms with Gasteiger partial charge in [-0.15, -0.1) is 0 Å². The van der Waals surface area contributed by atoms with Crippen molar-refractivity contribution in [1.29, 1.82) is 0 Å². The van der Waals surface area contributed by atoms with Gasteiger partial charge in [-0.1, -0.05) is 6.92 Å². The Balaban J connectivity index is 2.28. The Kier molecular flexibility index (Phi) is 7.83. The molecule has 0 spiro atoms. The minimum atomic E-state index is -0.750. The molecule has 1 heterocycles. The molecule has 1 aliphatic rings. The second-order valence-corrected chi connectivity index (χ2v) is 9.04. The Hall–Kier alpha value is -0.620. The molecular formula is C16H32N2O3S. The summed E-state index contributed by atoms with van der Waals surface area (Å²) >= 11 is 0. The first-order valence-electron chi connectivity index (χ1n) is 8.20. The smallest absolute Gasteiger partial charge is 0.410 e. The molecule has 5 nitrogen and oxygen atoms in total. The Bertz CT molecular complexity index is 382. The van der Waals surface area contributed by atoms with E-state index in [0.29, 0.717) is 5.92 Å². The predicted molar refractivity (Wildman–Crippen MR) is 91.5 cm³/mol. The maximum atomic E-state index is 12.1. The first-order valence-corrected chi connectivity index (χ1v) is 9.82. The maximum Gasteiger partial charge on any atom is 0.410 e. The number of carbonyl (C=O) groups excluding carboxylic acids is 1. The van der Waals surface area contributed by atoms with Crippen molar-refractivity contribution in [2.75, 3.05) is 32.4 Å². The van der Waals surface area contributed by atoms with Crippen molar-refractivity contribution in [2.24, 2.45) is 5.92 Å². The lowest BCUT2D eigenvalue weighted by molar-refractivity contribution is 0.0166. The third kappa shape index (κ3) is 7.58. The normalized spacial score (nSPS) is 22.2. The van der Waals surface area contributed by atoms with E-state index in [1.807, 2.05) is 32.6 Å². The van der Waals surface area contributed by atoms with Gasteiger partial charge < -0.3 is 15.0 Å². The third-order valence-corrected chi connectivity index (χ3v) is 5.27. The summed E-state index contributed by atoms with van der Waals surface area (Å²) in [4.78, 5) is 13.9. The fraction of sp³-hybridized carbons (Fsp3) is 0.938. The van der Waals surface area contributed by atoms with Crippen LogP contribution >= 0.6 is 0 Å². The average Bonchev–Trinajstić information content (AvgIpc) is 2.41. The average molecular weight is 333 g/mol. The molecule has 22 heavy (non-hydrogen) atoms. The molecule has 0 aromatic heterocycles. The molecule has 1 amide bonds. The topological polar surface area (TPSA) is 58.6 Å². The summed E-state index contributed by atoms with van der Waals surface area (Å²) in [7, 11) is -0.750. The van der Waals surface area contributed by atoms with Gasteiger partial charge in [-0.2, -0.15) is 0 Å². The van der Waals surface area contributed by atoms with Crippen LogP contribution in [0.2, 0.25) is 0 Å². The van der Waals surface area contributed by atoms with Crippen LogP contribution in [0.1, 0.15) is 47.0 Å². The highest BCUT2D eigenvalue weighted by Gasteiger charge is 2.27. The van der Waals surface area contributed by atoms with E-state index in [0.717, 1.165) is 45.4 Å². The van der Waals surface area contributed by atoms with E-state index in [1.165, 1.54) is 0 Å². The van der Waals surface area contributed by atoms with Crippen molar-refractivity contribution in [2.45, 2.75) is 57.8 Å². The number of hydrogen-bond donors (Lipinski definition) is 1. The number of ether oxygens (including phenoxy) is 1. The van der Waals surface area contributed by atoms with Gasteiger partial charge in [0.05, 0.1) is 0 Å². The van der Waals surface area contributed by atoms with Crippen LogP contribution < -0.4 is 5.32 Å². The number of carbonyl (C=O) groups is 1. The highest BCUT2D eigenvalue weighted by atomic mass is 32.2. The van der Waals surface area contributed by atoms with Crippen LogP contribution in [0.3, 0.4) is 0 Å². The van der Waals surface area contributed by atoms with Crippen LogP contribution in [0.15, 0.2) is 0 Å². The molecule has 1 N–H and O–H groups in total. The number of likely N-dealkylation sites (tertiary alicyclic amines) is 1. The van der Waals surface area contributed by atoms with E-state index >= 15 is 0 Å². The summed E-state index contributed by atoms with van der Waals surface area (Å²) in [6.45, 7) is 11.0. The van der Waals surface area contributed by atoms with Gasteiger partial charge in [0.25, 0.3) is 0 Å². The lowest BCUT2D eigenvalue weighted by Gasteiger charge is -2.34. The number of piperidine rings is 1. The van der Waals surface area contributed by atoms with Gasteiger partial charge in [-0.25, -0.2) is 4.79 Å². The molecule has 6 heteroatoms. The molecule has 0 aromatic carbocycles. The number of nitrogens with one attached hydrogen (secondary N) is 1. The third-order valence-electron chi connectivity index (χ3n) is 3.90. The number of rotatable bonds is 6. The molecular weight excluding hydrogens is 300 g/mol. The zero-order valence-electron chi connectivity index (χ0n) is 14.7. The summed E-state index contributed by atoms with van der Waals surface area (Å²) in [6, 6.07) is 0. The largest absolute Gasteiger partial charge is 0.444 e. The molecule has 0 radical (unpaired) electrons. The molecule has 0 saturated carbocycles. The standard InChI is InChI=1S/C16H32N2O3S/c1-13(22(5)20)8-9-17-11-14-7-6-10-18(12-14)15(19)21-16(2,3)4/h13-14,17H,6-12H2,1-5H3. The van der Waals surface area contributed by atoms with Crippen molar-refractivity contribution in [1.82, 2.24) is 10.2 Å². The van der Waals surface area contributed by atoms with Crippen molar-refractivity contribution in [3.8, 4) is 0 Å². The second-order valence-electron chi connectivity index (χ2n) is 7.24. The second kappa shape index (κ2) is 8.87. The Morgan fingerprint density at radius 2 is 2.14 bits per heavy atom. The molecule has 3 unspecified atom stereocenters. The van der Waals surface area contributed by atoms with Gasteiger partial charge in [0.15, 0.2) is 0 Å². The van der Waals surface area contributed by atoms with Crippen molar-refractivity contribution >= 4 is 16.9 Å². The summed E-state index contributed by atoms with van der Waals surface area (Å²) in [5.41, 5.74) is -0.436. The summed E-state index contributed by atoms with van der Waals surface area (Å²) in [5, 5.41) is 3.67. The minimum Gasteiger partial charge on any atom is -0.444 e. The molecule has 130 valence electrons. The molecule has 1 aliphatic heterocycles. The van der Waals surface area contributed by atoms with Gasteiger partial charge >= 0.3 is 6.09 Å². The van der Waals surface area contributed by atoms with Gasteiger partial charge in [-0.3, -0.25) is 4.21 Å². The lowest BCUT2D eigenvalue weighted by atomic mass is 9.98. The van der Waals surface area contributed by atoms with E-state index in [9.17, 15) is 9.00 Å². The maximum absolute atomic E-state index is 12.1. The Morgan fingerprint density at radius 1 is 1.45 bits per heavy atom. The molecule has 0 aliphatic carbocycles. The lowest BCUT2D eigenvalue weighted by Crippen LogP contribution is -2.45. The highest BCUT2D eigenvalue weighted by molar-refractivity contribution is 7.84. The van der Waals surface area contributed by atoms with E-state index in [-0.39, 0.29) is 11.3 Å². The highest BCUT2D eigenvalue weighted by Crippen LogP contribution is 2.18. The molecule has 1 fully saturated rings. The van der Waals surface area contributed by atoms with Crippen LogP contribution in [0.25, 0.3) is 0 Å². The predicted octanol–water partition coefficient (Wildman–Crippen LogP) is 2.38. The molecule has 0 aromatic rings. The summed E-state index contributed by atoms with van der Waals surface area (Å²) in [5.74, 6) is 0.476. The van der Waals surface area contributed by atoms with Crippen molar-refractivity contribution in [3.63, 3.8) is 0 Å². The van der Waals surface area contributed by atoms with E-state index < -0.39 is 16.4 Å². The first-order chi connectivity index (χ1) is 10.2. The molecule has 1 saturated heterocycles. The van der Waals surface area contributed by atoms with E-state index in [2.05, 4.69) is 5.32 Å². The van der Waals surface area contributed by atoms with E-state index in [1.54, 1.807) is 6.26 Å². The quantitative estimate of drug-likeness (QED) is 0.759.